The SMILES string of the molecule is CC(C)(C)C(=O)OCC(=O)OCCO.CC(OC(=O)C(C)(C)C)C(=O)O.CC(OC(=O)CO)C(=O)OCC(=O)C(C)(C)C.CC(OC(=O)CO)C(=O)OCC(=O)C(C)(C)C.CC(OC(=O)COC(=O)CO)C(=O)C(C)(C)C.CC(OC(=O)COC(=O)CO)C(=O)C(C)(C)C.CCOCC(=O)OC(C)C(=O)OCC(=O)C(C)(C)C.CCOCC(=O)OCC(=O)OC(C)C(=O)C(C)(C)C. The Morgan fingerprint density at radius 1 is 0.227 bits per heavy atom. The summed E-state index contributed by atoms with van der Waals surface area (Å²) >= 11 is 0. The number of esters is 15. The van der Waals surface area contributed by atoms with Crippen LogP contribution in [0.15, 0.2) is 0 Å². The minimum atomic E-state index is -1.14. The van der Waals surface area contributed by atoms with Crippen LogP contribution in [0.2, 0.25) is 0 Å². The van der Waals surface area contributed by atoms with Crippen LogP contribution in [0.25, 0.3) is 0 Å². The Bertz CT molecular complexity index is 3540. The topological polar surface area (TPSA) is 654 Å². The minimum absolute atomic E-state index is 0.0775. The Hall–Kier alpha value is -10.7. The molecule has 7 atom stereocenters. The van der Waals surface area contributed by atoms with E-state index in [2.05, 4.69) is 37.9 Å². The summed E-state index contributed by atoms with van der Waals surface area (Å²) in [5, 5.41) is 50.3. The largest absolute Gasteiger partial charge is 0.479 e. The quantitative estimate of drug-likeness (QED) is 0.0376. The first-order valence-corrected chi connectivity index (χ1v) is 41.0. The van der Waals surface area contributed by atoms with E-state index in [1.54, 1.807) is 180 Å². The molecule has 0 aromatic rings. The highest BCUT2D eigenvalue weighted by Gasteiger charge is 2.35. The summed E-state index contributed by atoms with van der Waals surface area (Å²) < 4.78 is 79.2. The van der Waals surface area contributed by atoms with Crippen LogP contribution in [0, 0.1) is 43.3 Å². The maximum absolute atomic E-state index is 11.8. The molecule has 0 aromatic heterocycles. The first-order chi connectivity index (χ1) is 59.7. The highest BCUT2D eigenvalue weighted by molar-refractivity contribution is 5.93. The molecule has 0 spiro atoms. The second-order valence-electron chi connectivity index (χ2n) is 35.8. The molecule has 0 heterocycles. The zero-order valence-electron chi connectivity index (χ0n) is 82.7. The van der Waals surface area contributed by atoms with Gasteiger partial charge >= 0.3 is 95.5 Å². The molecule has 0 aliphatic rings. The lowest BCUT2D eigenvalue weighted by Gasteiger charge is -2.21. The Labute approximate surface area is 770 Å². The van der Waals surface area contributed by atoms with Crippen molar-refractivity contribution in [1.29, 1.82) is 0 Å². The summed E-state index contributed by atoms with van der Waals surface area (Å²) in [5.41, 5.74) is -4.85. The van der Waals surface area contributed by atoms with Crippen molar-refractivity contribution in [3.05, 3.63) is 0 Å². The van der Waals surface area contributed by atoms with Crippen LogP contribution in [-0.4, -0.2) is 316 Å². The molecule has 0 aliphatic heterocycles. The molecule has 0 fully saturated rings. The van der Waals surface area contributed by atoms with Crippen molar-refractivity contribution in [2.45, 2.75) is 271 Å². The van der Waals surface area contributed by atoms with E-state index in [9.17, 15) is 105 Å². The van der Waals surface area contributed by atoms with Gasteiger partial charge in [0.1, 0.15) is 46.2 Å². The lowest BCUT2D eigenvalue weighted by atomic mass is 9.88. The highest BCUT2D eigenvalue weighted by Crippen LogP contribution is 2.23. The number of rotatable bonds is 40. The van der Waals surface area contributed by atoms with Gasteiger partial charge in [-0.3, -0.25) is 38.4 Å². The summed E-state index contributed by atoms with van der Waals surface area (Å²) in [6.45, 7) is 47.8. The predicted octanol–water partition coefficient (Wildman–Crippen LogP) is 3.66. The maximum atomic E-state index is 11.8. The lowest BCUT2D eigenvalue weighted by molar-refractivity contribution is -0.170. The van der Waals surface area contributed by atoms with Gasteiger partial charge in [-0.1, -0.05) is 125 Å². The first-order valence-electron chi connectivity index (χ1n) is 41.0. The fraction of sp³-hybridized carbons (Fsp3) is 0.747. The van der Waals surface area contributed by atoms with Crippen LogP contribution in [0.3, 0.4) is 0 Å². The number of hydrogen-bond acceptors (Lipinski definition) is 44. The molecule has 0 saturated carbocycles. The monoisotopic (exact) mass is 1910 g/mol. The first kappa shape index (κ1) is 137. The van der Waals surface area contributed by atoms with Crippen molar-refractivity contribution in [3.63, 3.8) is 0 Å². The minimum Gasteiger partial charge on any atom is -0.479 e. The standard InChI is InChI=1S/2C13H22O6.4C11H18O6.C9H16O5.C8H14O4/c1-6-17-7-10(14)18-8-11(15)19-9(2)12(16)13(3,4)5;1-6-17-8-11(15)19-9(2)12(16)18-7-10(14)13(3,4)5;2*1-7(17-9(14)5-12)10(15)16-6-8(13)11(2,3)4;2*1-7(10(15)11(2,3)4)17-9(14)6-16-8(13)5-12;1-9(2,3)8(12)14-6-7(11)13-5-4-10;1-5(6(9)10)12-7(11)8(2,3)4/h2*9H,6-8H2,1-5H3;4*7,12H,5-6H2,1-4H3;10H,4-6H2,1-3H3;5H,1-4H3,(H,9,10). The molecule has 0 amide bonds. The van der Waals surface area contributed by atoms with E-state index in [1.165, 1.54) is 48.5 Å². The number of carbonyl (C=O) groups excluding carboxylic acids is 21. The maximum Gasteiger partial charge on any atom is 0.347 e. The number of ether oxygens (including phenoxy) is 17. The summed E-state index contributed by atoms with van der Waals surface area (Å²) in [7, 11) is 0. The number of aliphatic hydroxyl groups excluding tert-OH is 5. The van der Waals surface area contributed by atoms with Gasteiger partial charge in [0.25, 0.3) is 0 Å². The Morgan fingerprint density at radius 2 is 0.455 bits per heavy atom. The molecular weight excluding hydrogens is 1760 g/mol. The van der Waals surface area contributed by atoms with E-state index in [1.807, 2.05) is 0 Å². The van der Waals surface area contributed by atoms with Crippen molar-refractivity contribution < 1.29 is 217 Å². The van der Waals surface area contributed by atoms with Gasteiger partial charge in [-0.05, 0) is 104 Å². The number of ketones is 6. The van der Waals surface area contributed by atoms with Crippen LogP contribution in [0.1, 0.15) is 228 Å². The molecule has 764 valence electrons. The van der Waals surface area contributed by atoms with Gasteiger partial charge in [0.15, 0.2) is 124 Å². The van der Waals surface area contributed by atoms with Crippen LogP contribution in [0.4, 0.5) is 0 Å². The normalized spacial score (nSPS) is 12.6. The molecule has 7 unspecified atom stereocenters. The molecule has 45 nitrogen and oxygen atoms in total. The second kappa shape index (κ2) is 68.3. The second-order valence-corrected chi connectivity index (χ2v) is 35.8. The van der Waals surface area contributed by atoms with Gasteiger partial charge in [-0.15, -0.1) is 0 Å². The van der Waals surface area contributed by atoms with Crippen molar-refractivity contribution in [2.24, 2.45) is 43.3 Å². The Morgan fingerprint density at radius 3 is 0.682 bits per heavy atom. The van der Waals surface area contributed by atoms with Crippen LogP contribution in [0.5, 0.6) is 0 Å². The fourth-order valence-electron chi connectivity index (χ4n) is 6.79. The third-order valence-electron chi connectivity index (χ3n) is 14.7. The van der Waals surface area contributed by atoms with E-state index in [4.69, 9.17) is 73.3 Å². The van der Waals surface area contributed by atoms with E-state index in [0.717, 1.165) is 0 Å². The molecule has 0 radical (unpaired) electrons. The predicted molar refractivity (Wildman–Crippen MR) is 458 cm³/mol. The molecule has 6 N–H and O–H groups in total. The molecule has 0 saturated heterocycles. The third-order valence-corrected chi connectivity index (χ3v) is 14.7. The average molecular weight is 1910 g/mol. The molecule has 132 heavy (non-hydrogen) atoms. The van der Waals surface area contributed by atoms with Gasteiger partial charge in [0.2, 0.25) is 0 Å². The number of aliphatic carboxylic acids is 1. The number of carboxylic acid groups (broad SMARTS) is 1. The zero-order valence-corrected chi connectivity index (χ0v) is 82.7. The fourth-order valence-corrected chi connectivity index (χ4v) is 6.79. The van der Waals surface area contributed by atoms with Gasteiger partial charge in [-0.2, -0.15) is 0 Å². The molecule has 0 bridgehead atoms. The van der Waals surface area contributed by atoms with E-state index in [-0.39, 0.29) is 80.9 Å². The number of aliphatic hydroxyl groups is 5. The molecule has 45 heteroatoms. The van der Waals surface area contributed by atoms with Crippen LogP contribution < -0.4 is 0 Å². The van der Waals surface area contributed by atoms with E-state index < -0.39 is 234 Å². The van der Waals surface area contributed by atoms with Gasteiger partial charge in [0.05, 0.1) is 17.4 Å². The third kappa shape index (κ3) is 75.9. The van der Waals surface area contributed by atoms with E-state index >= 15 is 0 Å². The lowest BCUT2D eigenvalue weighted by Crippen LogP contribution is -2.35. The Kier molecular flexibility index (Phi) is 70.7. The molecule has 0 aliphatic carbocycles. The number of carbonyl (C=O) groups is 22. The van der Waals surface area contributed by atoms with Crippen molar-refractivity contribution in [2.75, 3.05) is 112 Å². The van der Waals surface area contributed by atoms with Gasteiger partial charge in [0, 0.05) is 45.7 Å². The van der Waals surface area contributed by atoms with Gasteiger partial charge in [-0.25, -0.2) is 67.1 Å². The van der Waals surface area contributed by atoms with E-state index in [0.29, 0.717) is 13.2 Å². The van der Waals surface area contributed by atoms with Crippen molar-refractivity contribution >= 4 is 130 Å². The Balaban J connectivity index is -0.000000223. The van der Waals surface area contributed by atoms with Crippen LogP contribution in [-0.2, 0) is 186 Å². The van der Waals surface area contributed by atoms with Crippen LogP contribution >= 0.6 is 0 Å². The number of hydrogen-bond donors (Lipinski definition) is 6. The summed E-state index contributed by atoms with van der Waals surface area (Å²) in [4.78, 5) is 245. The summed E-state index contributed by atoms with van der Waals surface area (Å²) in [6, 6.07) is 0. The zero-order chi connectivity index (χ0) is 106. The number of carboxylic acids is 1. The van der Waals surface area contributed by atoms with Gasteiger partial charge < -0.3 is 111 Å². The molecule has 0 aromatic carbocycles. The summed E-state index contributed by atoms with van der Waals surface area (Å²) in [6.07, 6.45) is -7.05. The number of Topliss-reactive ketones (excluding diaryl/α,β-unsaturated/α-hetero) is 6. The average Bonchev–Trinajstić information content (AvgIpc) is 0.887. The molecular formula is C87H146O45. The smallest absolute Gasteiger partial charge is 0.347 e. The van der Waals surface area contributed by atoms with Crippen molar-refractivity contribution in [1.82, 2.24) is 0 Å². The summed E-state index contributed by atoms with van der Waals surface area (Å²) in [5.74, 6) is -13.8. The molecule has 0 rings (SSSR count). The van der Waals surface area contributed by atoms with Crippen molar-refractivity contribution in [3.8, 4) is 0 Å². The highest BCUT2D eigenvalue weighted by atomic mass is 16.7.